The van der Waals surface area contributed by atoms with Crippen molar-refractivity contribution in [3.63, 3.8) is 0 Å². The number of nitrogens with one attached hydrogen (secondary N) is 1. The first-order valence-electron chi connectivity index (χ1n) is 10.2. The van der Waals surface area contributed by atoms with Crippen molar-refractivity contribution in [1.29, 1.82) is 0 Å². The number of hydrogen-bond acceptors (Lipinski definition) is 3. The molecule has 0 aromatic heterocycles. The van der Waals surface area contributed by atoms with E-state index in [-0.39, 0.29) is 11.8 Å². The molecule has 1 aliphatic rings. The first-order chi connectivity index (χ1) is 13.2. The van der Waals surface area contributed by atoms with Gasteiger partial charge in [-0.1, -0.05) is 17.7 Å². The third-order valence-corrected chi connectivity index (χ3v) is 7.20. The summed E-state index contributed by atoms with van der Waals surface area (Å²) in [6, 6.07) is 6.41. The lowest BCUT2D eigenvalue weighted by atomic mass is 9.99. The maximum Gasteiger partial charge on any atom is 0.224 e. The zero-order chi connectivity index (χ0) is 20.8. The quantitative estimate of drug-likeness (QED) is 0.689. The fourth-order valence-corrected chi connectivity index (χ4v) is 5.26. The van der Waals surface area contributed by atoms with Crippen LogP contribution in [0.15, 0.2) is 23.1 Å². The van der Waals surface area contributed by atoms with Crippen molar-refractivity contribution in [3.8, 4) is 0 Å². The molecule has 1 aromatic rings. The SMILES string of the molecule is Cc1ccc(S(=O)N2CCCC(C(=O)NCCN(C(C)C)C(C)C)C2)cc1Cl. The van der Waals surface area contributed by atoms with Crippen LogP contribution in [0.4, 0.5) is 0 Å². The Kier molecular flexibility index (Phi) is 8.93. The van der Waals surface area contributed by atoms with Gasteiger partial charge in [0.2, 0.25) is 5.91 Å². The van der Waals surface area contributed by atoms with Gasteiger partial charge in [-0.3, -0.25) is 9.69 Å². The van der Waals surface area contributed by atoms with Crippen molar-refractivity contribution in [1.82, 2.24) is 14.5 Å². The predicted octanol–water partition coefficient (Wildman–Crippen LogP) is 3.62. The van der Waals surface area contributed by atoms with Crippen molar-refractivity contribution < 1.29 is 9.00 Å². The second-order valence-corrected chi connectivity index (χ2v) is 10.00. The van der Waals surface area contributed by atoms with E-state index in [0.717, 1.165) is 31.5 Å². The normalized spacial score (nSPS) is 19.4. The van der Waals surface area contributed by atoms with Crippen LogP contribution < -0.4 is 5.32 Å². The lowest BCUT2D eigenvalue weighted by Crippen LogP contribution is -2.46. The van der Waals surface area contributed by atoms with Crippen LogP contribution in [0.2, 0.25) is 5.02 Å². The number of rotatable bonds is 8. The van der Waals surface area contributed by atoms with Gasteiger partial charge in [0.05, 0.1) is 10.8 Å². The molecule has 1 aromatic carbocycles. The van der Waals surface area contributed by atoms with Crippen molar-refractivity contribution in [2.24, 2.45) is 5.92 Å². The largest absolute Gasteiger partial charge is 0.355 e. The molecular formula is C21H34ClN3O2S. The topological polar surface area (TPSA) is 52.7 Å². The van der Waals surface area contributed by atoms with Crippen LogP contribution in [-0.2, 0) is 15.8 Å². The maximum absolute atomic E-state index is 12.9. The summed E-state index contributed by atoms with van der Waals surface area (Å²) in [5.74, 6) is -0.0544. The Morgan fingerprint density at radius 3 is 2.61 bits per heavy atom. The first kappa shape index (κ1) is 23.3. The van der Waals surface area contributed by atoms with E-state index in [9.17, 15) is 9.00 Å². The van der Waals surface area contributed by atoms with E-state index < -0.39 is 11.0 Å². The number of nitrogens with zero attached hydrogens (tertiary/aromatic N) is 2. The van der Waals surface area contributed by atoms with Crippen LogP contribution in [0, 0.1) is 12.8 Å². The van der Waals surface area contributed by atoms with Crippen LogP contribution >= 0.6 is 11.6 Å². The van der Waals surface area contributed by atoms with Crippen LogP contribution in [0.3, 0.4) is 0 Å². The minimum Gasteiger partial charge on any atom is -0.355 e. The second kappa shape index (κ2) is 10.7. The lowest BCUT2D eigenvalue weighted by Gasteiger charge is -2.32. The molecule has 2 atom stereocenters. The van der Waals surface area contributed by atoms with Gasteiger partial charge in [0, 0.05) is 43.3 Å². The molecule has 2 unspecified atom stereocenters. The minimum absolute atomic E-state index is 0.0658. The summed E-state index contributed by atoms with van der Waals surface area (Å²) in [4.78, 5) is 15.7. The molecular weight excluding hydrogens is 394 g/mol. The molecule has 0 aliphatic carbocycles. The van der Waals surface area contributed by atoms with Gasteiger partial charge >= 0.3 is 0 Å². The van der Waals surface area contributed by atoms with Gasteiger partial charge in [0.25, 0.3) is 0 Å². The molecule has 1 aliphatic heterocycles. The van der Waals surface area contributed by atoms with Crippen LogP contribution in [0.5, 0.6) is 0 Å². The molecule has 0 bridgehead atoms. The molecule has 2 rings (SSSR count). The lowest BCUT2D eigenvalue weighted by molar-refractivity contribution is -0.126. The highest BCUT2D eigenvalue weighted by Crippen LogP contribution is 2.24. The molecule has 0 spiro atoms. The summed E-state index contributed by atoms with van der Waals surface area (Å²) in [6.45, 7) is 13.4. The van der Waals surface area contributed by atoms with E-state index >= 15 is 0 Å². The van der Waals surface area contributed by atoms with E-state index in [2.05, 4.69) is 37.9 Å². The number of carbonyl (C=O) groups excluding carboxylic acids is 1. The Bertz CT molecular complexity index is 688. The van der Waals surface area contributed by atoms with Crippen LogP contribution in [0.25, 0.3) is 0 Å². The average Bonchev–Trinajstić information content (AvgIpc) is 2.66. The number of halogens is 1. The number of hydrogen-bond donors (Lipinski definition) is 1. The molecule has 5 nitrogen and oxygen atoms in total. The predicted molar refractivity (Wildman–Crippen MR) is 117 cm³/mol. The van der Waals surface area contributed by atoms with E-state index in [1.54, 1.807) is 6.07 Å². The van der Waals surface area contributed by atoms with Crippen LogP contribution in [0.1, 0.15) is 46.1 Å². The summed E-state index contributed by atoms with van der Waals surface area (Å²) in [7, 11) is -1.29. The van der Waals surface area contributed by atoms with Gasteiger partial charge in [-0.05, 0) is 65.2 Å². The van der Waals surface area contributed by atoms with E-state index in [1.807, 2.05) is 23.4 Å². The summed E-state index contributed by atoms with van der Waals surface area (Å²) in [5, 5.41) is 3.70. The second-order valence-electron chi connectivity index (χ2n) is 8.10. The Morgan fingerprint density at radius 2 is 2.00 bits per heavy atom. The highest BCUT2D eigenvalue weighted by molar-refractivity contribution is 7.82. The molecule has 1 heterocycles. The van der Waals surface area contributed by atoms with Crippen LogP contribution in [-0.4, -0.2) is 57.6 Å². The van der Waals surface area contributed by atoms with Gasteiger partial charge in [-0.25, -0.2) is 8.51 Å². The Morgan fingerprint density at radius 1 is 1.32 bits per heavy atom. The molecule has 7 heteroatoms. The summed E-state index contributed by atoms with van der Waals surface area (Å²) >= 11 is 6.18. The van der Waals surface area contributed by atoms with Gasteiger partial charge in [0.1, 0.15) is 11.0 Å². The van der Waals surface area contributed by atoms with E-state index in [1.165, 1.54) is 0 Å². The molecule has 1 fully saturated rings. The van der Waals surface area contributed by atoms with E-state index in [0.29, 0.717) is 35.1 Å². The molecule has 1 N–H and O–H groups in total. The Balaban J connectivity index is 1.90. The molecule has 158 valence electrons. The molecule has 0 radical (unpaired) electrons. The van der Waals surface area contributed by atoms with Gasteiger partial charge in [-0.15, -0.1) is 0 Å². The third-order valence-electron chi connectivity index (χ3n) is 5.33. The zero-order valence-corrected chi connectivity index (χ0v) is 19.3. The average molecular weight is 428 g/mol. The van der Waals surface area contributed by atoms with Gasteiger partial charge < -0.3 is 5.32 Å². The highest BCUT2D eigenvalue weighted by Gasteiger charge is 2.29. The number of benzene rings is 1. The smallest absolute Gasteiger partial charge is 0.224 e. The fraction of sp³-hybridized carbons (Fsp3) is 0.667. The Labute approximate surface area is 177 Å². The fourth-order valence-electron chi connectivity index (χ4n) is 3.70. The summed E-state index contributed by atoms with van der Waals surface area (Å²) in [6.07, 6.45) is 1.71. The molecule has 1 saturated heterocycles. The molecule has 1 amide bonds. The van der Waals surface area contributed by atoms with Crippen molar-refractivity contribution >= 4 is 28.5 Å². The zero-order valence-electron chi connectivity index (χ0n) is 17.7. The molecule has 0 saturated carbocycles. The minimum atomic E-state index is -1.29. The van der Waals surface area contributed by atoms with Crippen molar-refractivity contribution in [2.75, 3.05) is 26.2 Å². The van der Waals surface area contributed by atoms with E-state index in [4.69, 9.17) is 11.6 Å². The highest BCUT2D eigenvalue weighted by atomic mass is 35.5. The number of carbonyl (C=O) groups is 1. The summed E-state index contributed by atoms with van der Waals surface area (Å²) < 4.78 is 14.8. The van der Waals surface area contributed by atoms with Gasteiger partial charge in [-0.2, -0.15) is 0 Å². The maximum atomic E-state index is 12.9. The number of amides is 1. The van der Waals surface area contributed by atoms with Crippen molar-refractivity contribution in [2.45, 2.75) is 64.4 Å². The first-order valence-corrected chi connectivity index (χ1v) is 11.7. The number of aryl methyl sites for hydroxylation is 1. The third kappa shape index (κ3) is 6.28. The van der Waals surface area contributed by atoms with Crippen molar-refractivity contribution in [3.05, 3.63) is 28.8 Å². The standard InChI is InChI=1S/C21H34ClN3O2S/c1-15(2)25(16(3)4)12-10-23-21(26)18-7-6-11-24(14-18)28(27)19-9-8-17(5)20(22)13-19/h8-9,13,15-16,18H,6-7,10-12,14H2,1-5H3,(H,23,26). The molecule has 28 heavy (non-hydrogen) atoms. The monoisotopic (exact) mass is 427 g/mol. The van der Waals surface area contributed by atoms with Gasteiger partial charge in [0.15, 0.2) is 0 Å². The number of piperidine rings is 1. The Hall–Kier alpha value is -0.950. The summed E-state index contributed by atoms with van der Waals surface area (Å²) in [5.41, 5.74) is 0.968.